The van der Waals surface area contributed by atoms with Gasteiger partial charge in [0.25, 0.3) is 0 Å². The number of ether oxygens (including phenoxy) is 1. The van der Waals surface area contributed by atoms with Gasteiger partial charge in [0, 0.05) is 17.7 Å². The highest BCUT2D eigenvalue weighted by atomic mass is 19.1. The first-order chi connectivity index (χ1) is 6.69. The topological polar surface area (TPSA) is 29.5 Å². The average Bonchev–Trinajstić information content (AvgIpc) is 2.16. The van der Waals surface area contributed by atoms with Gasteiger partial charge >= 0.3 is 0 Å². The molecule has 4 heteroatoms. The molecule has 14 heavy (non-hydrogen) atoms. The fourth-order valence-electron chi connectivity index (χ4n) is 1.01. The van der Waals surface area contributed by atoms with Gasteiger partial charge in [-0.1, -0.05) is 12.2 Å². The lowest BCUT2D eigenvalue weighted by Crippen LogP contribution is -1.92. The van der Waals surface area contributed by atoms with E-state index in [2.05, 4.69) is 4.74 Å². The minimum atomic E-state index is -0.716. The quantitative estimate of drug-likeness (QED) is 0.808. The van der Waals surface area contributed by atoms with Crippen LogP contribution in [0.5, 0.6) is 5.75 Å². The summed E-state index contributed by atoms with van der Waals surface area (Å²) in [7, 11) is 1.33. The molecule has 0 spiro atoms. The Morgan fingerprint density at radius 1 is 1.36 bits per heavy atom. The Balaban J connectivity index is 3.11. The molecule has 0 aliphatic rings. The van der Waals surface area contributed by atoms with E-state index in [-0.39, 0.29) is 17.9 Å². The van der Waals surface area contributed by atoms with E-state index >= 15 is 0 Å². The predicted octanol–water partition coefficient (Wildman–Crippen LogP) is 1.98. The molecule has 0 aliphatic heterocycles. The monoisotopic (exact) mass is 200 g/mol. The second-order valence-electron chi connectivity index (χ2n) is 2.59. The summed E-state index contributed by atoms with van der Waals surface area (Å²) in [6.07, 6.45) is 2.44. The molecule has 0 atom stereocenters. The van der Waals surface area contributed by atoms with E-state index in [0.717, 1.165) is 12.1 Å². The number of halogens is 2. The third-order valence-corrected chi connectivity index (χ3v) is 1.68. The molecule has 1 rings (SSSR count). The number of rotatable bonds is 3. The van der Waals surface area contributed by atoms with Crippen LogP contribution in [0.15, 0.2) is 18.2 Å². The number of aliphatic hydroxyl groups is 1. The molecule has 0 saturated carbocycles. The molecule has 2 nitrogen and oxygen atoms in total. The molecule has 1 N–H and O–H groups in total. The van der Waals surface area contributed by atoms with Crippen LogP contribution < -0.4 is 4.74 Å². The van der Waals surface area contributed by atoms with Crippen molar-refractivity contribution in [3.05, 3.63) is 35.4 Å². The number of hydrogen-bond acceptors (Lipinski definition) is 2. The number of methoxy groups -OCH3 is 1. The zero-order valence-corrected chi connectivity index (χ0v) is 7.63. The van der Waals surface area contributed by atoms with Crippen LogP contribution in [0.3, 0.4) is 0 Å². The maximum Gasteiger partial charge on any atom is 0.137 e. The summed E-state index contributed by atoms with van der Waals surface area (Å²) in [5, 5.41) is 8.45. The molecule has 0 unspecified atom stereocenters. The van der Waals surface area contributed by atoms with Gasteiger partial charge in [0.1, 0.15) is 17.4 Å². The van der Waals surface area contributed by atoms with Crippen molar-refractivity contribution in [2.75, 3.05) is 13.7 Å². The third kappa shape index (κ3) is 2.29. The predicted molar refractivity (Wildman–Crippen MR) is 49.0 cm³/mol. The van der Waals surface area contributed by atoms with Gasteiger partial charge in [0.05, 0.1) is 13.7 Å². The number of hydrogen-bond donors (Lipinski definition) is 1. The van der Waals surface area contributed by atoms with Gasteiger partial charge < -0.3 is 9.84 Å². The Labute approximate surface area is 80.4 Å². The Morgan fingerprint density at radius 2 is 1.93 bits per heavy atom. The zero-order chi connectivity index (χ0) is 10.6. The van der Waals surface area contributed by atoms with Crippen molar-refractivity contribution in [3.63, 3.8) is 0 Å². The molecular weight excluding hydrogens is 190 g/mol. The van der Waals surface area contributed by atoms with Gasteiger partial charge in [-0.3, -0.25) is 0 Å². The first kappa shape index (κ1) is 10.7. The fourth-order valence-corrected chi connectivity index (χ4v) is 1.01. The van der Waals surface area contributed by atoms with Crippen molar-refractivity contribution in [1.29, 1.82) is 0 Å². The van der Waals surface area contributed by atoms with E-state index in [1.807, 2.05) is 0 Å². The molecule has 0 saturated heterocycles. The molecule has 0 amide bonds. The maximum atomic E-state index is 13.2. The van der Waals surface area contributed by atoms with E-state index in [0.29, 0.717) is 0 Å². The van der Waals surface area contributed by atoms with Crippen molar-refractivity contribution in [3.8, 4) is 5.75 Å². The number of benzene rings is 1. The summed E-state index contributed by atoms with van der Waals surface area (Å²) in [6, 6.07) is 2.17. The van der Waals surface area contributed by atoms with Gasteiger partial charge in [-0.05, 0) is 0 Å². The molecule has 1 aromatic carbocycles. The summed E-state index contributed by atoms with van der Waals surface area (Å²) in [4.78, 5) is 0. The van der Waals surface area contributed by atoms with Gasteiger partial charge in [-0.2, -0.15) is 0 Å². The summed E-state index contributed by atoms with van der Waals surface area (Å²) < 4.78 is 31.0. The molecule has 76 valence electrons. The molecule has 0 aromatic heterocycles. The first-order valence-electron chi connectivity index (χ1n) is 3.99. The van der Waals surface area contributed by atoms with Gasteiger partial charge in [-0.15, -0.1) is 0 Å². The van der Waals surface area contributed by atoms with E-state index in [9.17, 15) is 8.78 Å². The SMILES string of the molecule is COc1cc(F)c(/C=C/CO)c(F)c1. The Bertz CT molecular complexity index is 325. The standard InChI is InChI=1S/C10H10F2O2/c1-14-7-5-9(11)8(3-2-4-13)10(12)6-7/h2-3,5-6,13H,4H2,1H3/b3-2+. The Kier molecular flexibility index (Phi) is 3.59. The third-order valence-electron chi connectivity index (χ3n) is 1.68. The minimum absolute atomic E-state index is 0.126. The molecule has 0 radical (unpaired) electrons. The van der Waals surface area contributed by atoms with Crippen LogP contribution in [0.1, 0.15) is 5.56 Å². The van der Waals surface area contributed by atoms with Gasteiger partial charge in [0.15, 0.2) is 0 Å². The second kappa shape index (κ2) is 4.72. The Morgan fingerprint density at radius 3 is 2.36 bits per heavy atom. The zero-order valence-electron chi connectivity index (χ0n) is 7.63. The summed E-state index contributed by atoms with van der Waals surface area (Å²) in [6.45, 7) is -0.259. The minimum Gasteiger partial charge on any atom is -0.497 e. The van der Waals surface area contributed by atoms with E-state index < -0.39 is 11.6 Å². The van der Waals surface area contributed by atoms with Crippen molar-refractivity contribution in [2.24, 2.45) is 0 Å². The van der Waals surface area contributed by atoms with Crippen LogP contribution in [0.25, 0.3) is 6.08 Å². The fraction of sp³-hybridized carbons (Fsp3) is 0.200. The highest BCUT2D eigenvalue weighted by molar-refractivity contribution is 5.52. The van der Waals surface area contributed by atoms with Crippen molar-refractivity contribution in [2.45, 2.75) is 0 Å². The molecule has 0 fully saturated rings. The van der Waals surface area contributed by atoms with Crippen LogP contribution >= 0.6 is 0 Å². The highest BCUT2D eigenvalue weighted by Crippen LogP contribution is 2.21. The van der Waals surface area contributed by atoms with Gasteiger partial charge in [0.2, 0.25) is 0 Å². The van der Waals surface area contributed by atoms with Crippen molar-refractivity contribution >= 4 is 6.08 Å². The molecule has 0 aliphatic carbocycles. The van der Waals surface area contributed by atoms with E-state index in [4.69, 9.17) is 5.11 Å². The molecule has 0 bridgehead atoms. The lowest BCUT2D eigenvalue weighted by atomic mass is 10.1. The normalized spacial score (nSPS) is 10.9. The van der Waals surface area contributed by atoms with Crippen LogP contribution in [0, 0.1) is 11.6 Å². The number of aliphatic hydroxyl groups excluding tert-OH is 1. The highest BCUT2D eigenvalue weighted by Gasteiger charge is 2.08. The van der Waals surface area contributed by atoms with Crippen LogP contribution in [-0.4, -0.2) is 18.8 Å². The second-order valence-corrected chi connectivity index (χ2v) is 2.59. The summed E-state index contributed by atoms with van der Waals surface area (Å²) in [5.74, 6) is -1.31. The van der Waals surface area contributed by atoms with Gasteiger partial charge in [-0.25, -0.2) is 8.78 Å². The van der Waals surface area contributed by atoms with E-state index in [1.54, 1.807) is 0 Å². The van der Waals surface area contributed by atoms with Crippen LogP contribution in [-0.2, 0) is 0 Å². The average molecular weight is 200 g/mol. The summed E-state index contributed by atoms with van der Waals surface area (Å²) in [5.41, 5.74) is -0.181. The largest absolute Gasteiger partial charge is 0.497 e. The van der Waals surface area contributed by atoms with Crippen molar-refractivity contribution in [1.82, 2.24) is 0 Å². The maximum absolute atomic E-state index is 13.2. The molecule has 1 aromatic rings. The molecular formula is C10H10F2O2. The summed E-state index contributed by atoms with van der Waals surface area (Å²) >= 11 is 0. The molecule has 0 heterocycles. The van der Waals surface area contributed by atoms with Crippen LogP contribution in [0.4, 0.5) is 8.78 Å². The Hall–Kier alpha value is -1.42. The van der Waals surface area contributed by atoms with Crippen molar-refractivity contribution < 1.29 is 18.6 Å². The lowest BCUT2D eigenvalue weighted by Gasteiger charge is -2.03. The van der Waals surface area contributed by atoms with E-state index in [1.165, 1.54) is 19.3 Å². The first-order valence-corrected chi connectivity index (χ1v) is 3.99. The smallest absolute Gasteiger partial charge is 0.137 e. The van der Waals surface area contributed by atoms with Crippen LogP contribution in [0.2, 0.25) is 0 Å². The lowest BCUT2D eigenvalue weighted by molar-refractivity contribution is 0.343.